The molecule has 0 spiro atoms. The van der Waals surface area contributed by atoms with Gasteiger partial charge in [-0.25, -0.2) is 0 Å². The van der Waals surface area contributed by atoms with E-state index < -0.39 is 0 Å². The Balaban J connectivity index is 2.50. The van der Waals surface area contributed by atoms with Crippen molar-refractivity contribution in [2.75, 3.05) is 13.7 Å². The minimum atomic E-state index is -0.113. The highest BCUT2D eigenvalue weighted by atomic mass is 16.5. The van der Waals surface area contributed by atoms with Crippen LogP contribution < -0.4 is 9.47 Å². The highest BCUT2D eigenvalue weighted by molar-refractivity contribution is 5.52. The van der Waals surface area contributed by atoms with Crippen LogP contribution >= 0.6 is 0 Å². The number of ether oxygens (including phenoxy) is 2. The Morgan fingerprint density at radius 3 is 2.65 bits per heavy atom. The molecular formula is C14H20O3. The van der Waals surface area contributed by atoms with Crippen LogP contribution in [0.3, 0.4) is 0 Å². The van der Waals surface area contributed by atoms with Gasteiger partial charge in [0.25, 0.3) is 0 Å². The van der Waals surface area contributed by atoms with E-state index in [2.05, 4.69) is 20.8 Å². The van der Waals surface area contributed by atoms with E-state index in [4.69, 9.17) is 9.47 Å². The largest absolute Gasteiger partial charge is 0.497 e. The molecule has 17 heavy (non-hydrogen) atoms. The number of aliphatic hydroxyl groups excluding tert-OH is 1. The first kappa shape index (κ1) is 12.2. The number of hydrogen-bond acceptors (Lipinski definition) is 3. The summed E-state index contributed by atoms with van der Waals surface area (Å²) in [6.45, 7) is 6.51. The summed E-state index contributed by atoms with van der Waals surface area (Å²) in [4.78, 5) is 0. The molecule has 0 amide bonds. The van der Waals surface area contributed by atoms with Gasteiger partial charge >= 0.3 is 0 Å². The molecule has 0 aliphatic carbocycles. The van der Waals surface area contributed by atoms with Crippen LogP contribution in [-0.4, -0.2) is 24.9 Å². The Hall–Kier alpha value is -1.22. The van der Waals surface area contributed by atoms with Crippen molar-refractivity contribution < 1.29 is 14.6 Å². The van der Waals surface area contributed by atoms with Gasteiger partial charge in [-0.1, -0.05) is 20.8 Å². The fraction of sp³-hybridized carbons (Fsp3) is 0.571. The molecule has 3 nitrogen and oxygen atoms in total. The van der Waals surface area contributed by atoms with Crippen LogP contribution in [0, 0.1) is 0 Å². The standard InChI is InChI=1S/C14H20O3/c1-14(2,3)12-7-10(16-4)5-9-6-11(8-15)17-13(9)12/h5,7,11,15H,6,8H2,1-4H3/t11-/m1/s1. The molecule has 94 valence electrons. The van der Waals surface area contributed by atoms with E-state index in [1.165, 1.54) is 0 Å². The quantitative estimate of drug-likeness (QED) is 0.856. The van der Waals surface area contributed by atoms with Crippen molar-refractivity contribution in [3.63, 3.8) is 0 Å². The lowest BCUT2D eigenvalue weighted by Crippen LogP contribution is -2.19. The molecule has 1 aromatic carbocycles. The molecule has 1 heterocycles. The number of benzene rings is 1. The number of methoxy groups -OCH3 is 1. The molecule has 2 rings (SSSR count). The summed E-state index contributed by atoms with van der Waals surface area (Å²) in [5.41, 5.74) is 2.28. The monoisotopic (exact) mass is 236 g/mol. The zero-order valence-electron chi connectivity index (χ0n) is 10.9. The molecule has 0 saturated heterocycles. The Morgan fingerprint density at radius 1 is 1.41 bits per heavy atom. The van der Waals surface area contributed by atoms with Gasteiger partial charge in [0.05, 0.1) is 13.7 Å². The van der Waals surface area contributed by atoms with Crippen molar-refractivity contribution >= 4 is 0 Å². The second kappa shape index (κ2) is 4.22. The average Bonchev–Trinajstić information content (AvgIpc) is 2.68. The van der Waals surface area contributed by atoms with E-state index in [-0.39, 0.29) is 18.1 Å². The first-order valence-corrected chi connectivity index (χ1v) is 5.94. The van der Waals surface area contributed by atoms with Gasteiger partial charge in [-0.2, -0.15) is 0 Å². The second-order valence-electron chi connectivity index (χ2n) is 5.54. The first-order valence-electron chi connectivity index (χ1n) is 5.94. The van der Waals surface area contributed by atoms with Crippen LogP contribution in [0.4, 0.5) is 0 Å². The van der Waals surface area contributed by atoms with Gasteiger partial charge in [0.1, 0.15) is 17.6 Å². The predicted molar refractivity (Wildman–Crippen MR) is 66.9 cm³/mol. The third-order valence-electron chi connectivity index (χ3n) is 3.12. The maximum Gasteiger partial charge on any atom is 0.127 e. The van der Waals surface area contributed by atoms with Crippen LogP contribution in [0.15, 0.2) is 12.1 Å². The Morgan fingerprint density at radius 2 is 2.12 bits per heavy atom. The van der Waals surface area contributed by atoms with Crippen molar-refractivity contribution in [1.82, 2.24) is 0 Å². The van der Waals surface area contributed by atoms with Gasteiger partial charge in [0.2, 0.25) is 0 Å². The molecule has 3 heteroatoms. The summed E-state index contributed by atoms with van der Waals surface area (Å²) < 4.78 is 11.1. The average molecular weight is 236 g/mol. The Kier molecular flexibility index (Phi) is 3.04. The van der Waals surface area contributed by atoms with Crippen molar-refractivity contribution in [3.05, 3.63) is 23.3 Å². The minimum Gasteiger partial charge on any atom is -0.497 e. The molecule has 0 aromatic heterocycles. The smallest absolute Gasteiger partial charge is 0.127 e. The van der Waals surface area contributed by atoms with E-state index in [9.17, 15) is 5.11 Å². The Labute approximate surface area is 102 Å². The lowest BCUT2D eigenvalue weighted by molar-refractivity contribution is 0.133. The van der Waals surface area contributed by atoms with Crippen molar-refractivity contribution in [1.29, 1.82) is 0 Å². The zero-order valence-corrected chi connectivity index (χ0v) is 10.9. The van der Waals surface area contributed by atoms with Crippen LogP contribution in [-0.2, 0) is 11.8 Å². The van der Waals surface area contributed by atoms with E-state index in [0.29, 0.717) is 0 Å². The Bertz CT molecular complexity index is 418. The van der Waals surface area contributed by atoms with Crippen LogP contribution in [0.1, 0.15) is 31.9 Å². The third-order valence-corrected chi connectivity index (χ3v) is 3.12. The zero-order chi connectivity index (χ0) is 12.6. The molecule has 0 bridgehead atoms. The SMILES string of the molecule is COc1cc2c(c(C(C)(C)C)c1)O[C@@H](CO)C2. The summed E-state index contributed by atoms with van der Waals surface area (Å²) in [5, 5.41) is 9.20. The summed E-state index contributed by atoms with van der Waals surface area (Å²) in [7, 11) is 1.67. The highest BCUT2D eigenvalue weighted by Crippen LogP contribution is 2.41. The number of hydrogen-bond donors (Lipinski definition) is 1. The summed E-state index contributed by atoms with van der Waals surface area (Å²) in [5.74, 6) is 1.79. The molecule has 0 radical (unpaired) electrons. The normalized spacial score (nSPS) is 18.8. The molecule has 0 unspecified atom stereocenters. The fourth-order valence-electron chi connectivity index (χ4n) is 2.18. The van der Waals surface area contributed by atoms with Crippen molar-refractivity contribution in [2.45, 2.75) is 38.7 Å². The van der Waals surface area contributed by atoms with Crippen LogP contribution in [0.5, 0.6) is 11.5 Å². The van der Waals surface area contributed by atoms with Crippen molar-refractivity contribution in [2.24, 2.45) is 0 Å². The lowest BCUT2D eigenvalue weighted by atomic mass is 9.85. The molecular weight excluding hydrogens is 216 g/mol. The van der Waals surface area contributed by atoms with E-state index in [0.717, 1.165) is 29.0 Å². The van der Waals surface area contributed by atoms with Gasteiger partial charge < -0.3 is 14.6 Å². The van der Waals surface area contributed by atoms with Gasteiger partial charge in [-0.05, 0) is 17.5 Å². The highest BCUT2D eigenvalue weighted by Gasteiger charge is 2.30. The molecule has 0 saturated carbocycles. The maximum atomic E-state index is 9.20. The van der Waals surface area contributed by atoms with Gasteiger partial charge in [-0.15, -0.1) is 0 Å². The number of rotatable bonds is 2. The fourth-order valence-corrected chi connectivity index (χ4v) is 2.18. The van der Waals surface area contributed by atoms with E-state index in [1.807, 2.05) is 12.1 Å². The molecule has 1 aliphatic heterocycles. The molecule has 1 N–H and O–H groups in total. The molecule has 1 aromatic rings. The third kappa shape index (κ3) is 2.25. The predicted octanol–water partition coefficient (Wildman–Crippen LogP) is 2.29. The van der Waals surface area contributed by atoms with Gasteiger partial charge in [-0.3, -0.25) is 0 Å². The van der Waals surface area contributed by atoms with Gasteiger partial charge in [0, 0.05) is 17.5 Å². The second-order valence-corrected chi connectivity index (χ2v) is 5.54. The van der Waals surface area contributed by atoms with Gasteiger partial charge in [0.15, 0.2) is 0 Å². The van der Waals surface area contributed by atoms with Crippen LogP contribution in [0.25, 0.3) is 0 Å². The summed E-state index contributed by atoms with van der Waals surface area (Å²) >= 11 is 0. The topological polar surface area (TPSA) is 38.7 Å². The number of aliphatic hydroxyl groups is 1. The molecule has 0 fully saturated rings. The first-order chi connectivity index (χ1) is 7.95. The van der Waals surface area contributed by atoms with Crippen LogP contribution in [0.2, 0.25) is 0 Å². The van der Waals surface area contributed by atoms with Crippen molar-refractivity contribution in [3.8, 4) is 11.5 Å². The maximum absolute atomic E-state index is 9.20. The summed E-state index contributed by atoms with van der Waals surface area (Å²) in [6.07, 6.45) is 0.643. The van der Waals surface area contributed by atoms with E-state index in [1.54, 1.807) is 7.11 Å². The molecule has 1 atom stereocenters. The van der Waals surface area contributed by atoms with E-state index >= 15 is 0 Å². The minimum absolute atomic E-state index is 0.00295. The molecule has 1 aliphatic rings. The number of fused-ring (bicyclic) bond motifs is 1. The lowest BCUT2D eigenvalue weighted by Gasteiger charge is -2.23. The summed E-state index contributed by atoms with van der Waals surface area (Å²) in [6, 6.07) is 4.03.